The Morgan fingerprint density at radius 3 is 2.29 bits per heavy atom. The Bertz CT molecular complexity index is 344. The van der Waals surface area contributed by atoms with Gasteiger partial charge in [0.15, 0.2) is 0 Å². The van der Waals surface area contributed by atoms with Gasteiger partial charge in [-0.1, -0.05) is 27.7 Å². The van der Waals surface area contributed by atoms with E-state index >= 15 is 0 Å². The van der Waals surface area contributed by atoms with E-state index < -0.39 is 0 Å². The maximum atomic E-state index is 2.63. The van der Waals surface area contributed by atoms with Gasteiger partial charge >= 0.3 is 0 Å². The third-order valence-electron chi connectivity index (χ3n) is 8.20. The molecule has 0 amide bonds. The van der Waals surface area contributed by atoms with Crippen LogP contribution in [0.25, 0.3) is 0 Å². The van der Waals surface area contributed by atoms with Crippen LogP contribution in [0.15, 0.2) is 0 Å². The largest absolute Gasteiger partial charge is 0.0622 e. The van der Waals surface area contributed by atoms with Gasteiger partial charge in [-0.05, 0) is 78.4 Å². The van der Waals surface area contributed by atoms with E-state index in [2.05, 4.69) is 27.7 Å². The first kappa shape index (κ1) is 10.9. The topological polar surface area (TPSA) is 0 Å². The predicted molar refractivity (Wildman–Crippen MR) is 71.5 cm³/mol. The third kappa shape index (κ3) is 1.04. The average Bonchev–Trinajstić information content (AvgIpc) is 2.99. The molecule has 4 rings (SSSR count). The molecule has 0 aromatic heterocycles. The molecule has 4 saturated carbocycles. The SMILES string of the molecule is CC(C)[C@@]1(C)C(C)C2CC1C1C3CCC(C3)C21. The van der Waals surface area contributed by atoms with Crippen molar-refractivity contribution in [2.75, 3.05) is 0 Å². The minimum absolute atomic E-state index is 0.663. The maximum Gasteiger partial charge on any atom is -0.0243 e. The lowest BCUT2D eigenvalue weighted by atomic mass is 9.54. The number of hydrogen-bond acceptors (Lipinski definition) is 0. The van der Waals surface area contributed by atoms with Gasteiger partial charge in [0.05, 0.1) is 0 Å². The molecule has 0 N–H and O–H groups in total. The third-order valence-corrected chi connectivity index (χ3v) is 8.20. The fourth-order valence-corrected chi connectivity index (χ4v) is 7.18. The van der Waals surface area contributed by atoms with Gasteiger partial charge in [-0.25, -0.2) is 0 Å². The molecule has 0 saturated heterocycles. The van der Waals surface area contributed by atoms with Gasteiger partial charge in [0, 0.05) is 0 Å². The second kappa shape index (κ2) is 3.11. The van der Waals surface area contributed by atoms with Gasteiger partial charge in [0.1, 0.15) is 0 Å². The Hall–Kier alpha value is 0. The highest BCUT2D eigenvalue weighted by molar-refractivity contribution is 5.16. The van der Waals surface area contributed by atoms with Crippen molar-refractivity contribution in [2.24, 2.45) is 52.8 Å². The van der Waals surface area contributed by atoms with Gasteiger partial charge in [0.25, 0.3) is 0 Å². The summed E-state index contributed by atoms with van der Waals surface area (Å²) in [5.41, 5.74) is 0.663. The number of rotatable bonds is 1. The molecule has 0 radical (unpaired) electrons. The first-order valence-corrected chi connectivity index (χ1v) is 8.05. The lowest BCUT2D eigenvalue weighted by Gasteiger charge is -2.51. The lowest BCUT2D eigenvalue weighted by Crippen LogP contribution is -2.46. The molecule has 96 valence electrons. The average molecular weight is 232 g/mol. The van der Waals surface area contributed by atoms with Crippen molar-refractivity contribution >= 4 is 0 Å². The summed E-state index contributed by atoms with van der Waals surface area (Å²) in [6, 6.07) is 0. The van der Waals surface area contributed by atoms with E-state index in [0.717, 1.165) is 41.4 Å². The van der Waals surface area contributed by atoms with Crippen molar-refractivity contribution in [3.8, 4) is 0 Å². The van der Waals surface area contributed by atoms with E-state index in [1.165, 1.54) is 5.92 Å². The molecule has 0 heteroatoms. The van der Waals surface area contributed by atoms with Gasteiger partial charge in [-0.15, -0.1) is 0 Å². The first-order chi connectivity index (χ1) is 8.05. The summed E-state index contributed by atoms with van der Waals surface area (Å²) < 4.78 is 0. The molecular weight excluding hydrogens is 204 g/mol. The van der Waals surface area contributed by atoms with Crippen molar-refractivity contribution in [3.63, 3.8) is 0 Å². The highest BCUT2D eigenvalue weighted by Gasteiger charge is 2.68. The van der Waals surface area contributed by atoms with Crippen LogP contribution in [0, 0.1) is 52.8 Å². The fraction of sp³-hybridized carbons (Fsp3) is 1.00. The summed E-state index contributed by atoms with van der Waals surface area (Å²) in [5, 5.41) is 0. The van der Waals surface area contributed by atoms with Crippen LogP contribution in [0.5, 0.6) is 0 Å². The van der Waals surface area contributed by atoms with Crippen molar-refractivity contribution in [1.82, 2.24) is 0 Å². The molecule has 0 nitrogen and oxygen atoms in total. The molecule has 4 fully saturated rings. The van der Waals surface area contributed by atoms with Gasteiger partial charge in [-0.3, -0.25) is 0 Å². The second-order valence-corrected chi connectivity index (χ2v) is 8.30. The van der Waals surface area contributed by atoms with Gasteiger partial charge in [0.2, 0.25) is 0 Å². The molecule has 0 aromatic rings. The smallest absolute Gasteiger partial charge is 0.0243 e. The summed E-state index contributed by atoms with van der Waals surface area (Å²) >= 11 is 0. The molecule has 8 atom stereocenters. The maximum absolute atomic E-state index is 2.63. The zero-order valence-corrected chi connectivity index (χ0v) is 11.9. The zero-order valence-electron chi connectivity index (χ0n) is 11.9. The summed E-state index contributed by atoms with van der Waals surface area (Å²) in [7, 11) is 0. The van der Waals surface area contributed by atoms with E-state index in [9.17, 15) is 0 Å². The van der Waals surface area contributed by atoms with Crippen molar-refractivity contribution in [2.45, 2.75) is 53.4 Å². The Kier molecular flexibility index (Phi) is 1.99. The second-order valence-electron chi connectivity index (χ2n) is 8.30. The molecule has 7 unspecified atom stereocenters. The lowest BCUT2D eigenvalue weighted by molar-refractivity contribution is -0.0311. The molecule has 4 aliphatic carbocycles. The highest BCUT2D eigenvalue weighted by atomic mass is 14.7. The highest BCUT2D eigenvalue weighted by Crippen LogP contribution is 2.74. The molecule has 4 bridgehead atoms. The first-order valence-electron chi connectivity index (χ1n) is 8.05. The minimum atomic E-state index is 0.663. The normalized spacial score (nSPS) is 63.7. The summed E-state index contributed by atoms with van der Waals surface area (Å²) in [6.45, 7) is 10.2. The van der Waals surface area contributed by atoms with Crippen LogP contribution >= 0.6 is 0 Å². The van der Waals surface area contributed by atoms with Crippen LogP contribution in [0.3, 0.4) is 0 Å². The number of fused-ring (bicyclic) bond motifs is 9. The van der Waals surface area contributed by atoms with Crippen LogP contribution in [0.1, 0.15) is 53.4 Å². The van der Waals surface area contributed by atoms with Crippen LogP contribution in [-0.4, -0.2) is 0 Å². The van der Waals surface area contributed by atoms with Gasteiger partial charge in [-0.2, -0.15) is 0 Å². The Morgan fingerprint density at radius 1 is 1.00 bits per heavy atom. The van der Waals surface area contributed by atoms with E-state index in [-0.39, 0.29) is 0 Å². The van der Waals surface area contributed by atoms with Crippen molar-refractivity contribution in [1.29, 1.82) is 0 Å². The van der Waals surface area contributed by atoms with Crippen molar-refractivity contribution in [3.05, 3.63) is 0 Å². The summed E-state index contributed by atoms with van der Waals surface area (Å²) in [6.07, 6.45) is 6.37. The fourth-order valence-electron chi connectivity index (χ4n) is 7.18. The summed E-state index contributed by atoms with van der Waals surface area (Å²) in [4.78, 5) is 0. The standard InChI is InChI=1S/C17H28/c1-9(2)17(4)10(3)13-8-14(17)16-12-6-5-11(7-12)15(13)16/h9-16H,5-8H2,1-4H3/t10?,11?,12?,13?,14?,15?,16?,17-/m0/s1. The van der Waals surface area contributed by atoms with E-state index in [1.54, 1.807) is 25.7 Å². The van der Waals surface area contributed by atoms with Crippen LogP contribution in [0.4, 0.5) is 0 Å². The predicted octanol–water partition coefficient (Wildman–Crippen LogP) is 4.60. The Labute approximate surface area is 107 Å². The molecule has 0 aliphatic heterocycles. The Balaban J connectivity index is 1.75. The van der Waals surface area contributed by atoms with Crippen LogP contribution in [0.2, 0.25) is 0 Å². The molecule has 17 heavy (non-hydrogen) atoms. The monoisotopic (exact) mass is 232 g/mol. The summed E-state index contributed by atoms with van der Waals surface area (Å²) in [5.74, 6) is 8.68. The van der Waals surface area contributed by atoms with E-state index in [1.807, 2.05) is 0 Å². The van der Waals surface area contributed by atoms with Crippen LogP contribution in [-0.2, 0) is 0 Å². The zero-order chi connectivity index (χ0) is 11.9. The van der Waals surface area contributed by atoms with Gasteiger partial charge < -0.3 is 0 Å². The minimum Gasteiger partial charge on any atom is -0.0622 e. The van der Waals surface area contributed by atoms with E-state index in [4.69, 9.17) is 0 Å². The van der Waals surface area contributed by atoms with E-state index in [0.29, 0.717) is 5.41 Å². The molecule has 0 heterocycles. The molecule has 0 aromatic carbocycles. The Morgan fingerprint density at radius 2 is 1.65 bits per heavy atom. The quantitative estimate of drug-likeness (QED) is 0.580. The molecular formula is C17H28. The number of hydrogen-bond donors (Lipinski definition) is 0. The molecule has 4 aliphatic rings. The molecule has 0 spiro atoms. The van der Waals surface area contributed by atoms with Crippen molar-refractivity contribution < 1.29 is 0 Å². The van der Waals surface area contributed by atoms with Crippen LogP contribution < -0.4 is 0 Å².